The summed E-state index contributed by atoms with van der Waals surface area (Å²) in [5, 5.41) is 2.98. The molecule has 0 bridgehead atoms. The standard InChI is InChI=1S/C11H18N4O/c1-7-6-13-10(14-7)11(16)15-9-4-2-8(12)3-5-9/h6,8-9H,2-5,12H2,1H3,(H,13,14)(H,15,16)/t8-,9-. The summed E-state index contributed by atoms with van der Waals surface area (Å²) in [5.74, 6) is 0.279. The highest BCUT2D eigenvalue weighted by atomic mass is 16.2. The monoisotopic (exact) mass is 222 g/mol. The number of H-pyrrole nitrogens is 1. The van der Waals surface area contributed by atoms with E-state index in [0.717, 1.165) is 31.4 Å². The Hall–Kier alpha value is -1.36. The molecular formula is C11H18N4O. The summed E-state index contributed by atoms with van der Waals surface area (Å²) < 4.78 is 0. The van der Waals surface area contributed by atoms with E-state index in [1.54, 1.807) is 6.20 Å². The lowest BCUT2D eigenvalue weighted by Crippen LogP contribution is -2.40. The van der Waals surface area contributed by atoms with Crippen molar-refractivity contribution in [1.82, 2.24) is 15.3 Å². The van der Waals surface area contributed by atoms with Crippen molar-refractivity contribution in [3.8, 4) is 0 Å². The third-order valence-corrected chi connectivity index (χ3v) is 3.03. The van der Waals surface area contributed by atoms with Crippen LogP contribution in [0, 0.1) is 6.92 Å². The molecule has 88 valence electrons. The molecule has 0 spiro atoms. The molecule has 1 saturated carbocycles. The molecule has 1 amide bonds. The molecule has 1 aliphatic carbocycles. The van der Waals surface area contributed by atoms with Gasteiger partial charge in [0, 0.05) is 18.3 Å². The number of aromatic nitrogens is 2. The van der Waals surface area contributed by atoms with E-state index in [1.807, 2.05) is 6.92 Å². The number of nitrogens with one attached hydrogen (secondary N) is 2. The van der Waals surface area contributed by atoms with Crippen molar-refractivity contribution in [2.45, 2.75) is 44.7 Å². The molecule has 1 heterocycles. The molecule has 16 heavy (non-hydrogen) atoms. The molecule has 0 unspecified atom stereocenters. The molecule has 5 heteroatoms. The number of aryl methyl sites for hydroxylation is 1. The van der Waals surface area contributed by atoms with E-state index in [-0.39, 0.29) is 11.9 Å². The molecule has 2 rings (SSSR count). The molecular weight excluding hydrogens is 204 g/mol. The molecule has 1 aromatic rings. The fourth-order valence-electron chi connectivity index (χ4n) is 2.05. The molecule has 1 aromatic heterocycles. The summed E-state index contributed by atoms with van der Waals surface area (Å²) in [6.45, 7) is 1.85. The Morgan fingerprint density at radius 2 is 2.19 bits per heavy atom. The Bertz CT molecular complexity index is 366. The van der Waals surface area contributed by atoms with Gasteiger partial charge in [-0.25, -0.2) is 4.98 Å². The maximum absolute atomic E-state index is 11.8. The minimum Gasteiger partial charge on any atom is -0.347 e. The third kappa shape index (κ3) is 2.61. The highest BCUT2D eigenvalue weighted by molar-refractivity contribution is 5.90. The minimum absolute atomic E-state index is 0.117. The minimum atomic E-state index is -0.117. The van der Waals surface area contributed by atoms with Crippen LogP contribution in [0.4, 0.5) is 0 Å². The molecule has 4 N–H and O–H groups in total. The van der Waals surface area contributed by atoms with Crippen LogP contribution in [-0.2, 0) is 0 Å². The molecule has 5 nitrogen and oxygen atoms in total. The number of amides is 1. The van der Waals surface area contributed by atoms with Gasteiger partial charge in [-0.1, -0.05) is 0 Å². The van der Waals surface area contributed by atoms with Crippen molar-refractivity contribution in [2.75, 3.05) is 0 Å². The van der Waals surface area contributed by atoms with Gasteiger partial charge in [0.2, 0.25) is 0 Å². The van der Waals surface area contributed by atoms with Crippen LogP contribution in [0.1, 0.15) is 42.0 Å². The van der Waals surface area contributed by atoms with Crippen LogP contribution >= 0.6 is 0 Å². The number of nitrogens with two attached hydrogens (primary N) is 1. The average Bonchev–Trinajstić information content (AvgIpc) is 2.68. The number of aromatic amines is 1. The zero-order valence-corrected chi connectivity index (χ0v) is 9.49. The zero-order valence-electron chi connectivity index (χ0n) is 9.49. The number of rotatable bonds is 2. The summed E-state index contributed by atoms with van der Waals surface area (Å²) in [6, 6.07) is 0.553. The molecule has 0 saturated heterocycles. The highest BCUT2D eigenvalue weighted by Crippen LogP contribution is 2.17. The Kier molecular flexibility index (Phi) is 3.24. The first-order valence-corrected chi connectivity index (χ1v) is 5.73. The second-order valence-electron chi connectivity index (χ2n) is 4.48. The maximum atomic E-state index is 11.8. The van der Waals surface area contributed by atoms with Crippen LogP contribution < -0.4 is 11.1 Å². The quantitative estimate of drug-likeness (QED) is 0.689. The van der Waals surface area contributed by atoms with Gasteiger partial charge in [0.25, 0.3) is 5.91 Å². The van der Waals surface area contributed by atoms with Gasteiger partial charge in [0.15, 0.2) is 5.82 Å². The molecule has 1 fully saturated rings. The lowest BCUT2D eigenvalue weighted by molar-refractivity contribution is 0.0916. The molecule has 1 aliphatic rings. The van der Waals surface area contributed by atoms with Gasteiger partial charge < -0.3 is 16.0 Å². The number of nitrogens with zero attached hydrogens (tertiary/aromatic N) is 1. The van der Waals surface area contributed by atoms with Gasteiger partial charge >= 0.3 is 0 Å². The van der Waals surface area contributed by atoms with Gasteiger partial charge in [0.1, 0.15) is 0 Å². The van der Waals surface area contributed by atoms with Crippen molar-refractivity contribution in [3.05, 3.63) is 17.7 Å². The normalized spacial score (nSPS) is 25.4. The van der Waals surface area contributed by atoms with E-state index < -0.39 is 0 Å². The number of imidazole rings is 1. The van der Waals surface area contributed by atoms with Crippen LogP contribution in [-0.4, -0.2) is 28.0 Å². The third-order valence-electron chi connectivity index (χ3n) is 3.03. The number of hydrogen-bond donors (Lipinski definition) is 3. The van der Waals surface area contributed by atoms with Crippen LogP contribution in [0.2, 0.25) is 0 Å². The second-order valence-corrected chi connectivity index (χ2v) is 4.48. The number of carbonyl (C=O) groups is 1. The van der Waals surface area contributed by atoms with E-state index in [4.69, 9.17) is 5.73 Å². The molecule has 0 atom stereocenters. The van der Waals surface area contributed by atoms with Crippen LogP contribution in [0.5, 0.6) is 0 Å². The van der Waals surface area contributed by atoms with E-state index in [0.29, 0.717) is 11.9 Å². The van der Waals surface area contributed by atoms with E-state index >= 15 is 0 Å². The van der Waals surface area contributed by atoms with Crippen molar-refractivity contribution < 1.29 is 4.79 Å². The topological polar surface area (TPSA) is 83.8 Å². The predicted molar refractivity (Wildman–Crippen MR) is 61.0 cm³/mol. The Balaban J connectivity index is 1.88. The summed E-state index contributed by atoms with van der Waals surface area (Å²) in [5.41, 5.74) is 6.64. The van der Waals surface area contributed by atoms with E-state index in [1.165, 1.54) is 0 Å². The lowest BCUT2D eigenvalue weighted by atomic mass is 9.92. The zero-order chi connectivity index (χ0) is 11.5. The van der Waals surface area contributed by atoms with Crippen LogP contribution in [0.3, 0.4) is 0 Å². The lowest BCUT2D eigenvalue weighted by Gasteiger charge is -2.26. The Morgan fingerprint density at radius 3 is 2.75 bits per heavy atom. The summed E-state index contributed by atoms with van der Waals surface area (Å²) >= 11 is 0. The van der Waals surface area contributed by atoms with Crippen molar-refractivity contribution >= 4 is 5.91 Å². The van der Waals surface area contributed by atoms with Crippen LogP contribution in [0.15, 0.2) is 6.20 Å². The summed E-state index contributed by atoms with van der Waals surface area (Å²) in [6.07, 6.45) is 5.63. The predicted octanol–water partition coefficient (Wildman–Crippen LogP) is 0.718. The Morgan fingerprint density at radius 1 is 1.50 bits per heavy atom. The van der Waals surface area contributed by atoms with Crippen molar-refractivity contribution in [2.24, 2.45) is 5.73 Å². The SMILES string of the molecule is Cc1c[nH]c(C(=O)N[C@H]2CC[C@H](N)CC2)n1. The fourth-order valence-corrected chi connectivity index (χ4v) is 2.05. The average molecular weight is 222 g/mol. The van der Waals surface area contributed by atoms with E-state index in [9.17, 15) is 4.79 Å². The largest absolute Gasteiger partial charge is 0.347 e. The van der Waals surface area contributed by atoms with Crippen LogP contribution in [0.25, 0.3) is 0 Å². The fraction of sp³-hybridized carbons (Fsp3) is 0.636. The van der Waals surface area contributed by atoms with Crippen molar-refractivity contribution in [1.29, 1.82) is 0 Å². The maximum Gasteiger partial charge on any atom is 0.287 e. The number of hydrogen-bond acceptors (Lipinski definition) is 3. The molecule has 0 radical (unpaired) electrons. The molecule has 0 aromatic carbocycles. The van der Waals surface area contributed by atoms with Gasteiger partial charge in [-0.3, -0.25) is 4.79 Å². The smallest absolute Gasteiger partial charge is 0.287 e. The van der Waals surface area contributed by atoms with Crippen molar-refractivity contribution in [3.63, 3.8) is 0 Å². The molecule has 0 aliphatic heterocycles. The van der Waals surface area contributed by atoms with Gasteiger partial charge in [-0.2, -0.15) is 0 Å². The van der Waals surface area contributed by atoms with Gasteiger partial charge in [-0.05, 0) is 32.6 Å². The Labute approximate surface area is 94.8 Å². The van der Waals surface area contributed by atoms with Gasteiger partial charge in [0.05, 0.1) is 5.69 Å². The first kappa shape index (κ1) is 11.1. The first-order valence-electron chi connectivity index (χ1n) is 5.73. The second kappa shape index (κ2) is 4.65. The number of carbonyl (C=O) groups excluding carboxylic acids is 1. The summed E-state index contributed by atoms with van der Waals surface area (Å²) in [4.78, 5) is 18.7. The summed E-state index contributed by atoms with van der Waals surface area (Å²) in [7, 11) is 0. The van der Waals surface area contributed by atoms with E-state index in [2.05, 4.69) is 15.3 Å². The van der Waals surface area contributed by atoms with Gasteiger partial charge in [-0.15, -0.1) is 0 Å². The highest BCUT2D eigenvalue weighted by Gasteiger charge is 2.21. The first-order chi connectivity index (χ1) is 7.65.